The number of hydrogen-bond donors (Lipinski definition) is 4. The quantitative estimate of drug-likeness (QED) is 0.610. The molecule has 0 saturated heterocycles. The van der Waals surface area contributed by atoms with Gasteiger partial charge >= 0.3 is 0 Å². The summed E-state index contributed by atoms with van der Waals surface area (Å²) in [6.45, 7) is 1.94. The van der Waals surface area contributed by atoms with Gasteiger partial charge in [0.05, 0.1) is 12.1 Å². The fourth-order valence-electron chi connectivity index (χ4n) is 1.49. The van der Waals surface area contributed by atoms with Crippen LogP contribution < -0.4 is 5.73 Å². The molecule has 5 heteroatoms. The van der Waals surface area contributed by atoms with E-state index in [1.54, 1.807) is 0 Å². The van der Waals surface area contributed by atoms with Gasteiger partial charge in [-0.1, -0.05) is 13.3 Å². The van der Waals surface area contributed by atoms with E-state index in [0.29, 0.717) is 12.0 Å². The van der Waals surface area contributed by atoms with Crippen LogP contribution in [0.25, 0.3) is 0 Å². The van der Waals surface area contributed by atoms with E-state index in [-0.39, 0.29) is 23.9 Å². The van der Waals surface area contributed by atoms with Gasteiger partial charge in [0.2, 0.25) is 0 Å². The van der Waals surface area contributed by atoms with E-state index < -0.39 is 12.1 Å². The highest BCUT2D eigenvalue weighted by molar-refractivity contribution is 5.85. The van der Waals surface area contributed by atoms with E-state index >= 15 is 0 Å². The van der Waals surface area contributed by atoms with Crippen LogP contribution in [-0.2, 0) is 0 Å². The molecule has 0 aromatic heterocycles. The Morgan fingerprint density at radius 2 is 1.94 bits per heavy atom. The summed E-state index contributed by atoms with van der Waals surface area (Å²) >= 11 is 0. The number of aliphatic hydroxyl groups excluding tert-OH is 1. The van der Waals surface area contributed by atoms with Crippen molar-refractivity contribution in [2.75, 3.05) is 0 Å². The van der Waals surface area contributed by atoms with Crippen molar-refractivity contribution in [3.05, 3.63) is 23.8 Å². The Hall–Kier alpha value is -0.970. The zero-order valence-corrected chi connectivity index (χ0v) is 9.94. The van der Waals surface area contributed by atoms with Gasteiger partial charge in [-0.05, 0) is 24.6 Å². The zero-order valence-electron chi connectivity index (χ0n) is 9.13. The smallest absolute Gasteiger partial charge is 0.120 e. The largest absolute Gasteiger partial charge is 0.508 e. The molecule has 5 N–H and O–H groups in total. The third-order valence-electron chi connectivity index (χ3n) is 2.37. The van der Waals surface area contributed by atoms with Crippen LogP contribution in [0.15, 0.2) is 18.2 Å². The third kappa shape index (κ3) is 3.56. The average molecular weight is 248 g/mol. The van der Waals surface area contributed by atoms with Crippen LogP contribution in [0, 0.1) is 0 Å². The van der Waals surface area contributed by atoms with Crippen LogP contribution in [0.2, 0.25) is 0 Å². The topological polar surface area (TPSA) is 86.7 Å². The van der Waals surface area contributed by atoms with E-state index in [0.717, 1.165) is 6.42 Å². The van der Waals surface area contributed by atoms with E-state index in [1.807, 2.05) is 6.92 Å². The van der Waals surface area contributed by atoms with Crippen molar-refractivity contribution in [2.45, 2.75) is 31.9 Å². The Kier molecular flexibility index (Phi) is 6.18. The number of phenolic OH excluding ortho intramolecular Hbond substituents is 2. The molecule has 0 radical (unpaired) electrons. The molecule has 0 aliphatic carbocycles. The minimum atomic E-state index is -0.706. The first kappa shape index (κ1) is 15.0. The van der Waals surface area contributed by atoms with E-state index in [2.05, 4.69) is 0 Å². The average Bonchev–Trinajstić information content (AvgIpc) is 2.21. The maximum Gasteiger partial charge on any atom is 0.120 e. The van der Waals surface area contributed by atoms with Gasteiger partial charge in [0.1, 0.15) is 11.5 Å². The molecule has 16 heavy (non-hydrogen) atoms. The Morgan fingerprint density at radius 3 is 2.50 bits per heavy atom. The summed E-state index contributed by atoms with van der Waals surface area (Å²) in [4.78, 5) is 0. The van der Waals surface area contributed by atoms with Crippen LogP contribution in [0.5, 0.6) is 11.5 Å². The van der Waals surface area contributed by atoms with Crippen molar-refractivity contribution in [2.24, 2.45) is 5.73 Å². The van der Waals surface area contributed by atoms with E-state index in [9.17, 15) is 15.3 Å². The second-order valence-corrected chi connectivity index (χ2v) is 3.62. The zero-order chi connectivity index (χ0) is 11.4. The molecule has 0 unspecified atom stereocenters. The summed E-state index contributed by atoms with van der Waals surface area (Å²) < 4.78 is 0. The van der Waals surface area contributed by atoms with E-state index in [1.165, 1.54) is 18.2 Å². The first-order valence-electron chi connectivity index (χ1n) is 5.01. The molecule has 0 aliphatic rings. The van der Waals surface area contributed by atoms with Gasteiger partial charge < -0.3 is 21.1 Å². The standard InChI is InChI=1S/C11H17NO3.ClH/c1-2-3-10(15)11(12)8-6-7(13)4-5-9(8)14;/h4-6,10-11,13-15H,2-3,12H2,1H3;1H/t10-,11+;/m1./s1. The number of aromatic hydroxyl groups is 2. The molecule has 1 rings (SSSR count). The van der Waals surface area contributed by atoms with Gasteiger partial charge in [-0.2, -0.15) is 0 Å². The lowest BCUT2D eigenvalue weighted by atomic mass is 9.98. The molecule has 0 bridgehead atoms. The van der Waals surface area contributed by atoms with Gasteiger partial charge in [-0.15, -0.1) is 12.4 Å². The summed E-state index contributed by atoms with van der Waals surface area (Å²) in [5.41, 5.74) is 6.14. The van der Waals surface area contributed by atoms with E-state index in [4.69, 9.17) is 5.73 Å². The maximum absolute atomic E-state index is 9.67. The minimum Gasteiger partial charge on any atom is -0.508 e. The van der Waals surface area contributed by atoms with Crippen molar-refractivity contribution in [3.8, 4) is 11.5 Å². The number of benzene rings is 1. The number of phenols is 2. The van der Waals surface area contributed by atoms with Gasteiger partial charge in [0.15, 0.2) is 0 Å². The van der Waals surface area contributed by atoms with Gasteiger partial charge in [-0.3, -0.25) is 0 Å². The third-order valence-corrected chi connectivity index (χ3v) is 2.37. The summed E-state index contributed by atoms with van der Waals surface area (Å²) in [6, 6.07) is 3.44. The van der Waals surface area contributed by atoms with Crippen LogP contribution in [-0.4, -0.2) is 21.4 Å². The minimum absolute atomic E-state index is 0. The van der Waals surface area contributed by atoms with Crippen molar-refractivity contribution in [1.29, 1.82) is 0 Å². The van der Waals surface area contributed by atoms with Gasteiger partial charge in [0, 0.05) is 5.56 Å². The van der Waals surface area contributed by atoms with Crippen molar-refractivity contribution in [1.82, 2.24) is 0 Å². The van der Waals surface area contributed by atoms with Crippen LogP contribution in [0.1, 0.15) is 31.4 Å². The second kappa shape index (κ2) is 6.58. The highest BCUT2D eigenvalue weighted by atomic mass is 35.5. The monoisotopic (exact) mass is 247 g/mol. The molecule has 92 valence electrons. The molecule has 0 heterocycles. The molecular formula is C11H18ClNO3. The summed E-state index contributed by atoms with van der Waals surface area (Å²) in [5, 5.41) is 28.4. The molecular weight excluding hydrogens is 230 g/mol. The fraction of sp³-hybridized carbons (Fsp3) is 0.455. The predicted octanol–water partition coefficient (Wildman–Crippen LogP) is 1.68. The molecule has 1 aromatic rings. The predicted molar refractivity (Wildman–Crippen MR) is 64.9 cm³/mol. The van der Waals surface area contributed by atoms with Gasteiger partial charge in [0.25, 0.3) is 0 Å². The second-order valence-electron chi connectivity index (χ2n) is 3.62. The lowest BCUT2D eigenvalue weighted by Gasteiger charge is -2.19. The lowest BCUT2D eigenvalue weighted by Crippen LogP contribution is -2.25. The van der Waals surface area contributed by atoms with Crippen LogP contribution in [0.4, 0.5) is 0 Å². The molecule has 1 aromatic carbocycles. The fourth-order valence-corrected chi connectivity index (χ4v) is 1.49. The number of halogens is 1. The molecule has 0 fully saturated rings. The Labute approximate surface area is 101 Å². The molecule has 4 nitrogen and oxygen atoms in total. The van der Waals surface area contributed by atoms with Crippen molar-refractivity contribution in [3.63, 3.8) is 0 Å². The Bertz CT molecular complexity index is 333. The van der Waals surface area contributed by atoms with Crippen molar-refractivity contribution < 1.29 is 15.3 Å². The van der Waals surface area contributed by atoms with Crippen LogP contribution >= 0.6 is 12.4 Å². The van der Waals surface area contributed by atoms with Crippen LogP contribution in [0.3, 0.4) is 0 Å². The number of rotatable bonds is 4. The normalized spacial score (nSPS) is 13.9. The molecule has 0 aliphatic heterocycles. The highest BCUT2D eigenvalue weighted by Gasteiger charge is 2.19. The Morgan fingerprint density at radius 1 is 1.31 bits per heavy atom. The molecule has 0 amide bonds. The Balaban J connectivity index is 0.00000225. The highest BCUT2D eigenvalue weighted by Crippen LogP contribution is 2.29. The summed E-state index contributed by atoms with van der Waals surface area (Å²) in [7, 11) is 0. The number of hydrogen-bond acceptors (Lipinski definition) is 4. The molecule has 0 spiro atoms. The first-order chi connectivity index (χ1) is 7.06. The first-order valence-corrected chi connectivity index (χ1v) is 5.01. The lowest BCUT2D eigenvalue weighted by molar-refractivity contribution is 0.133. The molecule has 2 atom stereocenters. The number of aliphatic hydroxyl groups is 1. The number of nitrogens with two attached hydrogens (primary N) is 1. The SMILES string of the molecule is CCC[C@@H](O)[C@@H](N)c1cc(O)ccc1O.Cl. The maximum atomic E-state index is 9.67. The van der Waals surface area contributed by atoms with Crippen molar-refractivity contribution >= 4 is 12.4 Å². The van der Waals surface area contributed by atoms with Gasteiger partial charge in [-0.25, -0.2) is 0 Å². The summed E-state index contributed by atoms with van der Waals surface area (Å²) in [5.74, 6) is 0.0254. The summed E-state index contributed by atoms with van der Waals surface area (Å²) in [6.07, 6.45) is 0.674. The molecule has 0 saturated carbocycles.